The molecule has 1 atom stereocenters. The van der Waals surface area contributed by atoms with Crippen molar-refractivity contribution < 1.29 is 9.53 Å². The number of hydrogen-bond donors (Lipinski definition) is 1. The van der Waals surface area contributed by atoms with Crippen LogP contribution in [0.4, 0.5) is 11.4 Å². The number of nitrogens with two attached hydrogens (primary N) is 1. The first-order chi connectivity index (χ1) is 9.04. The first-order valence-corrected chi connectivity index (χ1v) is 6.87. The minimum absolute atomic E-state index is 0.0748. The summed E-state index contributed by atoms with van der Waals surface area (Å²) < 4.78 is 5.70. The number of ether oxygens (including phenoxy) is 1. The molecule has 1 aromatic carbocycles. The van der Waals surface area contributed by atoms with Crippen molar-refractivity contribution in [3.8, 4) is 5.75 Å². The van der Waals surface area contributed by atoms with Crippen molar-refractivity contribution in [2.45, 2.75) is 33.1 Å². The molecular weight excluding hydrogens is 240 g/mol. The van der Waals surface area contributed by atoms with Crippen LogP contribution < -0.4 is 15.4 Å². The summed E-state index contributed by atoms with van der Waals surface area (Å²) >= 11 is 0. The molecule has 0 saturated carbocycles. The SMILES string of the molecule is CCCCc1cc(N)c2c(c1)N(C)C(=O)C(C)CO2. The molecule has 0 aliphatic carbocycles. The normalized spacial score (nSPS) is 18.8. The van der Waals surface area contributed by atoms with Gasteiger partial charge in [0.25, 0.3) is 0 Å². The molecule has 1 aliphatic heterocycles. The Morgan fingerprint density at radius 3 is 2.89 bits per heavy atom. The van der Waals surface area contributed by atoms with E-state index in [2.05, 4.69) is 6.92 Å². The van der Waals surface area contributed by atoms with E-state index in [9.17, 15) is 4.79 Å². The smallest absolute Gasteiger partial charge is 0.233 e. The first-order valence-electron chi connectivity index (χ1n) is 6.87. The van der Waals surface area contributed by atoms with Gasteiger partial charge in [0.2, 0.25) is 5.91 Å². The molecule has 0 bridgehead atoms. The summed E-state index contributed by atoms with van der Waals surface area (Å²) in [7, 11) is 1.79. The van der Waals surface area contributed by atoms with Crippen LogP contribution in [0.15, 0.2) is 12.1 Å². The minimum Gasteiger partial charge on any atom is -0.488 e. The standard InChI is InChI=1S/C15H22N2O2/c1-4-5-6-11-7-12(16)14-13(8-11)17(3)15(18)10(2)9-19-14/h7-8,10H,4-6,9,16H2,1-3H3. The van der Waals surface area contributed by atoms with E-state index in [1.54, 1.807) is 11.9 Å². The van der Waals surface area contributed by atoms with E-state index in [0.29, 0.717) is 18.0 Å². The molecule has 0 aromatic heterocycles. The monoisotopic (exact) mass is 262 g/mol. The number of benzene rings is 1. The van der Waals surface area contributed by atoms with E-state index in [0.717, 1.165) is 30.5 Å². The summed E-state index contributed by atoms with van der Waals surface area (Å²) in [6.07, 6.45) is 3.23. The van der Waals surface area contributed by atoms with Crippen LogP contribution in [-0.2, 0) is 11.2 Å². The lowest BCUT2D eigenvalue weighted by molar-refractivity contribution is -0.122. The molecule has 2 N–H and O–H groups in total. The number of hydrogen-bond acceptors (Lipinski definition) is 3. The van der Waals surface area contributed by atoms with E-state index >= 15 is 0 Å². The van der Waals surface area contributed by atoms with E-state index < -0.39 is 0 Å². The summed E-state index contributed by atoms with van der Waals surface area (Å²) in [5.41, 5.74) is 8.65. The third-order valence-corrected chi connectivity index (χ3v) is 3.57. The van der Waals surface area contributed by atoms with Gasteiger partial charge in [0.1, 0.15) is 0 Å². The maximum Gasteiger partial charge on any atom is 0.233 e. The summed E-state index contributed by atoms with van der Waals surface area (Å²) in [6, 6.07) is 3.99. The number of carbonyl (C=O) groups excluding carboxylic acids is 1. The van der Waals surface area contributed by atoms with E-state index in [4.69, 9.17) is 10.5 Å². The first kappa shape index (κ1) is 13.7. The van der Waals surface area contributed by atoms with Crippen LogP contribution in [0.2, 0.25) is 0 Å². The Balaban J connectivity index is 2.41. The molecular formula is C15H22N2O2. The number of unbranched alkanes of at least 4 members (excludes halogenated alkanes) is 1. The van der Waals surface area contributed by atoms with Gasteiger partial charge in [-0.1, -0.05) is 20.3 Å². The molecule has 2 rings (SSSR count). The molecule has 0 saturated heterocycles. The number of nitrogens with zero attached hydrogens (tertiary/aromatic N) is 1. The molecule has 1 heterocycles. The highest BCUT2D eigenvalue weighted by atomic mass is 16.5. The molecule has 4 heteroatoms. The van der Waals surface area contributed by atoms with Gasteiger partial charge in [-0.2, -0.15) is 0 Å². The van der Waals surface area contributed by atoms with Crippen molar-refractivity contribution >= 4 is 17.3 Å². The highest BCUT2D eigenvalue weighted by Crippen LogP contribution is 2.38. The largest absolute Gasteiger partial charge is 0.488 e. The van der Waals surface area contributed by atoms with E-state index in [1.807, 2.05) is 19.1 Å². The predicted molar refractivity (Wildman–Crippen MR) is 77.5 cm³/mol. The molecule has 0 fully saturated rings. The second-order valence-corrected chi connectivity index (χ2v) is 5.25. The van der Waals surface area contributed by atoms with Gasteiger partial charge in [0.15, 0.2) is 5.75 Å². The van der Waals surface area contributed by atoms with Crippen molar-refractivity contribution in [2.24, 2.45) is 5.92 Å². The lowest BCUT2D eigenvalue weighted by Crippen LogP contribution is -2.31. The number of aryl methyl sites for hydroxylation is 1. The van der Waals surface area contributed by atoms with Gasteiger partial charge >= 0.3 is 0 Å². The van der Waals surface area contributed by atoms with Crippen LogP contribution in [0, 0.1) is 5.92 Å². The van der Waals surface area contributed by atoms with Crippen LogP contribution in [0.3, 0.4) is 0 Å². The Kier molecular flexibility index (Phi) is 3.98. The van der Waals surface area contributed by atoms with Gasteiger partial charge in [0.05, 0.1) is 23.9 Å². The minimum atomic E-state index is -0.143. The Bertz CT molecular complexity index is 485. The number of nitrogen functional groups attached to an aromatic ring is 1. The van der Waals surface area contributed by atoms with E-state index in [1.165, 1.54) is 0 Å². The fraction of sp³-hybridized carbons (Fsp3) is 0.533. The zero-order valence-corrected chi connectivity index (χ0v) is 11.9. The Morgan fingerprint density at radius 2 is 2.21 bits per heavy atom. The lowest BCUT2D eigenvalue weighted by Gasteiger charge is -2.19. The number of rotatable bonds is 3. The van der Waals surface area contributed by atoms with Gasteiger partial charge in [-0.05, 0) is 30.5 Å². The second-order valence-electron chi connectivity index (χ2n) is 5.25. The fourth-order valence-corrected chi connectivity index (χ4v) is 2.36. The van der Waals surface area contributed by atoms with E-state index in [-0.39, 0.29) is 11.8 Å². The fourth-order valence-electron chi connectivity index (χ4n) is 2.36. The van der Waals surface area contributed by atoms with Gasteiger partial charge in [-0.25, -0.2) is 0 Å². The summed E-state index contributed by atoms with van der Waals surface area (Å²) in [6.45, 7) is 4.42. The molecule has 104 valence electrons. The second kappa shape index (κ2) is 5.51. The molecule has 1 unspecified atom stereocenters. The maximum atomic E-state index is 12.1. The molecule has 0 spiro atoms. The lowest BCUT2D eigenvalue weighted by atomic mass is 10.1. The van der Waals surface area contributed by atoms with Crippen molar-refractivity contribution in [3.63, 3.8) is 0 Å². The average molecular weight is 262 g/mol. The third kappa shape index (κ3) is 2.67. The topological polar surface area (TPSA) is 55.6 Å². The average Bonchev–Trinajstić information content (AvgIpc) is 2.50. The Labute approximate surface area is 114 Å². The molecule has 1 aromatic rings. The number of fused-ring (bicyclic) bond motifs is 1. The zero-order chi connectivity index (χ0) is 14.0. The number of carbonyl (C=O) groups is 1. The summed E-state index contributed by atoms with van der Waals surface area (Å²) in [4.78, 5) is 13.8. The highest BCUT2D eigenvalue weighted by molar-refractivity contribution is 5.97. The van der Waals surface area contributed by atoms with Gasteiger partial charge in [-0.15, -0.1) is 0 Å². The highest BCUT2D eigenvalue weighted by Gasteiger charge is 2.27. The van der Waals surface area contributed by atoms with Crippen molar-refractivity contribution in [1.29, 1.82) is 0 Å². The summed E-state index contributed by atoms with van der Waals surface area (Å²) in [5.74, 6) is 0.571. The van der Waals surface area contributed by atoms with Crippen LogP contribution in [0.5, 0.6) is 5.75 Å². The van der Waals surface area contributed by atoms with Gasteiger partial charge in [0, 0.05) is 7.05 Å². The van der Waals surface area contributed by atoms with Crippen molar-refractivity contribution in [3.05, 3.63) is 17.7 Å². The maximum absolute atomic E-state index is 12.1. The third-order valence-electron chi connectivity index (χ3n) is 3.57. The number of amides is 1. The number of anilines is 2. The van der Waals surface area contributed by atoms with Crippen LogP contribution >= 0.6 is 0 Å². The molecule has 19 heavy (non-hydrogen) atoms. The summed E-state index contributed by atoms with van der Waals surface area (Å²) in [5, 5.41) is 0. The molecule has 4 nitrogen and oxygen atoms in total. The quantitative estimate of drug-likeness (QED) is 0.852. The molecule has 1 aliphatic rings. The van der Waals surface area contributed by atoms with Crippen molar-refractivity contribution in [1.82, 2.24) is 0 Å². The Hall–Kier alpha value is -1.71. The molecule has 1 amide bonds. The van der Waals surface area contributed by atoms with Gasteiger partial charge < -0.3 is 15.4 Å². The van der Waals surface area contributed by atoms with Crippen LogP contribution in [-0.4, -0.2) is 19.6 Å². The van der Waals surface area contributed by atoms with Crippen molar-refractivity contribution in [2.75, 3.05) is 24.3 Å². The zero-order valence-electron chi connectivity index (χ0n) is 11.9. The van der Waals surface area contributed by atoms with Crippen LogP contribution in [0.1, 0.15) is 32.3 Å². The van der Waals surface area contributed by atoms with Gasteiger partial charge in [-0.3, -0.25) is 4.79 Å². The van der Waals surface area contributed by atoms with Crippen LogP contribution in [0.25, 0.3) is 0 Å². The molecule has 0 radical (unpaired) electrons. The predicted octanol–water partition coefficient (Wildman–Crippen LogP) is 2.60. The Morgan fingerprint density at radius 1 is 1.47 bits per heavy atom.